The second-order valence-electron chi connectivity index (χ2n) is 12.3. The van der Waals surface area contributed by atoms with Crippen molar-refractivity contribution in [3.8, 4) is 0 Å². The van der Waals surface area contributed by atoms with Crippen LogP contribution in [0.25, 0.3) is 0 Å². The van der Waals surface area contributed by atoms with Crippen molar-refractivity contribution in [2.45, 2.75) is 58.5 Å². The number of rotatable bonds is 13. The van der Waals surface area contributed by atoms with Gasteiger partial charge >= 0.3 is 0 Å². The summed E-state index contributed by atoms with van der Waals surface area (Å²) in [4.78, 5) is 30.1. The smallest absolute Gasteiger partial charge is 0.264 e. The van der Waals surface area contributed by atoms with Crippen LogP contribution in [0.2, 0.25) is 10.0 Å². The van der Waals surface area contributed by atoms with E-state index in [2.05, 4.69) is 5.32 Å². The Kier molecular flexibility index (Phi) is 12.1. The molecule has 47 heavy (non-hydrogen) atoms. The summed E-state index contributed by atoms with van der Waals surface area (Å²) in [5.41, 5.74) is 4.35. The van der Waals surface area contributed by atoms with Gasteiger partial charge in [0.15, 0.2) is 0 Å². The van der Waals surface area contributed by atoms with E-state index in [1.54, 1.807) is 42.5 Å². The van der Waals surface area contributed by atoms with Gasteiger partial charge in [-0.3, -0.25) is 13.9 Å². The fraction of sp³-hybridized carbons (Fsp3) is 0.297. The molecule has 1 atom stereocenters. The molecule has 10 heteroatoms. The van der Waals surface area contributed by atoms with Crippen molar-refractivity contribution in [2.75, 3.05) is 17.4 Å². The Balaban J connectivity index is 1.84. The molecule has 1 N–H and O–H groups in total. The predicted molar refractivity (Wildman–Crippen MR) is 190 cm³/mol. The number of nitrogens with one attached hydrogen (secondary N) is 1. The minimum absolute atomic E-state index is 0.0489. The first-order valence-electron chi connectivity index (χ1n) is 15.5. The van der Waals surface area contributed by atoms with Crippen LogP contribution in [0.3, 0.4) is 0 Å². The average molecular weight is 695 g/mol. The van der Waals surface area contributed by atoms with E-state index in [-0.39, 0.29) is 29.7 Å². The Morgan fingerprint density at radius 1 is 0.809 bits per heavy atom. The molecule has 0 bridgehead atoms. The zero-order valence-electron chi connectivity index (χ0n) is 27.3. The van der Waals surface area contributed by atoms with E-state index in [1.165, 1.54) is 17.0 Å². The third kappa shape index (κ3) is 9.60. The van der Waals surface area contributed by atoms with Gasteiger partial charge in [-0.1, -0.05) is 97.2 Å². The lowest BCUT2D eigenvalue weighted by atomic mass is 10.0. The number of aryl methyl sites for hydroxylation is 3. The Hall–Kier alpha value is -3.85. The number of carbonyl (C=O) groups excluding carboxylic acids is 2. The van der Waals surface area contributed by atoms with Crippen LogP contribution in [-0.4, -0.2) is 44.3 Å². The fourth-order valence-corrected chi connectivity index (χ4v) is 7.14. The van der Waals surface area contributed by atoms with Gasteiger partial charge in [-0.25, -0.2) is 8.42 Å². The molecule has 4 aromatic rings. The molecule has 0 radical (unpaired) electrons. The summed E-state index contributed by atoms with van der Waals surface area (Å²) in [6.07, 6.45) is 0.204. The van der Waals surface area contributed by atoms with Crippen LogP contribution >= 0.6 is 23.2 Å². The van der Waals surface area contributed by atoms with Crippen LogP contribution in [0.15, 0.2) is 95.9 Å². The molecule has 0 heterocycles. The second kappa shape index (κ2) is 15.8. The molecule has 7 nitrogen and oxygen atoms in total. The van der Waals surface area contributed by atoms with Crippen molar-refractivity contribution in [3.63, 3.8) is 0 Å². The van der Waals surface area contributed by atoms with Crippen molar-refractivity contribution < 1.29 is 18.0 Å². The second-order valence-corrected chi connectivity index (χ2v) is 15.0. The molecule has 0 aliphatic rings. The molecular formula is C37H41Cl2N3O4S. The number of carbonyl (C=O) groups is 2. The van der Waals surface area contributed by atoms with Crippen LogP contribution in [0.4, 0.5) is 5.69 Å². The summed E-state index contributed by atoms with van der Waals surface area (Å²) in [5, 5.41) is 3.75. The first-order valence-corrected chi connectivity index (χ1v) is 17.7. The summed E-state index contributed by atoms with van der Waals surface area (Å²) < 4.78 is 29.7. The van der Waals surface area contributed by atoms with Crippen molar-refractivity contribution in [1.29, 1.82) is 0 Å². The van der Waals surface area contributed by atoms with Gasteiger partial charge in [-0.05, 0) is 85.3 Å². The third-order valence-corrected chi connectivity index (χ3v) is 10.1. The lowest BCUT2D eigenvalue weighted by Crippen LogP contribution is -2.53. The highest BCUT2D eigenvalue weighted by atomic mass is 35.5. The Labute approximate surface area is 288 Å². The summed E-state index contributed by atoms with van der Waals surface area (Å²) >= 11 is 12.8. The molecule has 0 spiro atoms. The Morgan fingerprint density at radius 2 is 1.45 bits per heavy atom. The normalized spacial score (nSPS) is 12.1. The maximum Gasteiger partial charge on any atom is 0.264 e. The monoisotopic (exact) mass is 693 g/mol. The number of nitrogens with zero attached hydrogens (tertiary/aromatic N) is 2. The molecule has 4 rings (SSSR count). The molecule has 0 unspecified atom stereocenters. The molecule has 0 fully saturated rings. The molecular weight excluding hydrogens is 653 g/mol. The summed E-state index contributed by atoms with van der Waals surface area (Å²) in [6, 6.07) is 25.3. The zero-order chi connectivity index (χ0) is 34.3. The number of anilines is 1. The van der Waals surface area contributed by atoms with Crippen LogP contribution in [0.5, 0.6) is 0 Å². The first kappa shape index (κ1) is 36.0. The minimum Gasteiger partial charge on any atom is -0.354 e. The number of halogens is 2. The molecule has 0 saturated heterocycles. The number of amides is 2. The van der Waals surface area contributed by atoms with Gasteiger partial charge in [-0.15, -0.1) is 0 Å². The number of hydrogen-bond donors (Lipinski definition) is 1. The fourth-order valence-electron chi connectivity index (χ4n) is 5.27. The van der Waals surface area contributed by atoms with E-state index < -0.39 is 28.5 Å². The van der Waals surface area contributed by atoms with Gasteiger partial charge in [0.2, 0.25) is 11.8 Å². The molecule has 248 valence electrons. The average Bonchev–Trinajstić information content (AvgIpc) is 3.01. The standard InChI is InChI=1S/C37H41Cl2N3O4S/c1-25(2)22-40-37(44)35(20-29-9-7-6-8-10-29)41(23-30-13-14-31(38)21-34(30)39)36(43)24-42(32-18-27(4)17-28(5)19-32)47(45,46)33-15-11-26(3)12-16-33/h6-19,21,25,35H,20,22-24H2,1-5H3,(H,40,44)/t35-/m0/s1. The van der Waals surface area contributed by atoms with E-state index in [4.69, 9.17) is 23.2 Å². The van der Waals surface area contributed by atoms with Crippen LogP contribution in [0.1, 0.15) is 41.7 Å². The number of benzene rings is 4. The van der Waals surface area contributed by atoms with Crippen molar-refractivity contribution in [1.82, 2.24) is 10.2 Å². The first-order chi connectivity index (χ1) is 22.2. The predicted octanol–water partition coefficient (Wildman–Crippen LogP) is 7.53. The maximum absolute atomic E-state index is 14.7. The summed E-state index contributed by atoms with van der Waals surface area (Å²) in [5.74, 6) is -0.738. The van der Waals surface area contributed by atoms with E-state index in [0.29, 0.717) is 27.8 Å². The molecule has 4 aromatic carbocycles. The molecule has 0 aromatic heterocycles. The topological polar surface area (TPSA) is 86.8 Å². The summed E-state index contributed by atoms with van der Waals surface area (Å²) in [6.45, 7) is 9.40. The number of sulfonamides is 1. The highest BCUT2D eigenvalue weighted by molar-refractivity contribution is 7.92. The van der Waals surface area contributed by atoms with Gasteiger partial charge in [0.1, 0.15) is 12.6 Å². The highest BCUT2D eigenvalue weighted by Gasteiger charge is 2.35. The third-order valence-electron chi connectivity index (χ3n) is 7.69. The van der Waals surface area contributed by atoms with Gasteiger partial charge in [0.05, 0.1) is 10.6 Å². The lowest BCUT2D eigenvalue weighted by Gasteiger charge is -2.34. The minimum atomic E-state index is -4.20. The zero-order valence-corrected chi connectivity index (χ0v) is 29.7. The molecule has 0 aliphatic carbocycles. The lowest BCUT2D eigenvalue weighted by molar-refractivity contribution is -0.140. The van der Waals surface area contributed by atoms with Gasteiger partial charge < -0.3 is 10.2 Å². The van der Waals surface area contributed by atoms with Crippen LogP contribution in [-0.2, 0) is 32.6 Å². The van der Waals surface area contributed by atoms with Crippen molar-refractivity contribution in [2.24, 2.45) is 5.92 Å². The van der Waals surface area contributed by atoms with Gasteiger partial charge in [0.25, 0.3) is 10.0 Å². The van der Waals surface area contributed by atoms with Crippen LogP contribution in [0, 0.1) is 26.7 Å². The molecule has 2 amide bonds. The molecule has 0 saturated carbocycles. The quantitative estimate of drug-likeness (QED) is 0.157. The van der Waals surface area contributed by atoms with Crippen molar-refractivity contribution >= 4 is 50.7 Å². The summed E-state index contributed by atoms with van der Waals surface area (Å²) in [7, 11) is -4.20. The highest BCUT2D eigenvalue weighted by Crippen LogP contribution is 2.28. The van der Waals surface area contributed by atoms with Crippen molar-refractivity contribution in [3.05, 3.63) is 129 Å². The van der Waals surface area contributed by atoms with E-state index in [1.807, 2.05) is 71.0 Å². The van der Waals surface area contributed by atoms with E-state index in [0.717, 1.165) is 26.6 Å². The van der Waals surface area contributed by atoms with E-state index >= 15 is 0 Å². The number of hydrogen-bond acceptors (Lipinski definition) is 4. The van der Waals surface area contributed by atoms with E-state index in [9.17, 15) is 18.0 Å². The van der Waals surface area contributed by atoms with Crippen LogP contribution < -0.4 is 9.62 Å². The maximum atomic E-state index is 14.7. The Morgan fingerprint density at radius 3 is 2.04 bits per heavy atom. The van der Waals surface area contributed by atoms with Gasteiger partial charge in [0, 0.05) is 29.6 Å². The SMILES string of the molecule is Cc1ccc(S(=O)(=O)N(CC(=O)N(Cc2ccc(Cl)cc2Cl)[C@@H](Cc2ccccc2)C(=O)NCC(C)C)c2cc(C)cc(C)c2)cc1. The van der Waals surface area contributed by atoms with Gasteiger partial charge in [-0.2, -0.15) is 0 Å². The molecule has 0 aliphatic heterocycles. The largest absolute Gasteiger partial charge is 0.354 e. The Bertz CT molecular complexity index is 1790.